The number of aliphatic hydroxyl groups is 1. The van der Waals surface area contributed by atoms with Crippen LogP contribution in [-0.2, 0) is 22.6 Å². The molecule has 196 valence electrons. The lowest BCUT2D eigenvalue weighted by atomic mass is 9.95. The first kappa shape index (κ1) is 26.0. The molecular formula is C28H31Cl2N3O4. The molecule has 0 saturated carbocycles. The first-order chi connectivity index (χ1) is 17.8. The van der Waals surface area contributed by atoms with Crippen LogP contribution >= 0.6 is 23.2 Å². The predicted molar refractivity (Wildman–Crippen MR) is 144 cm³/mol. The number of halogens is 2. The van der Waals surface area contributed by atoms with E-state index in [0.717, 1.165) is 49.0 Å². The molecule has 1 unspecified atom stereocenters. The highest BCUT2D eigenvalue weighted by molar-refractivity contribution is 6.34. The summed E-state index contributed by atoms with van der Waals surface area (Å²) in [5.74, 6) is 0.0795. The number of carbonyl (C=O) groups excluding carboxylic acids is 2. The van der Waals surface area contributed by atoms with Crippen LogP contribution < -0.4 is 0 Å². The molecule has 1 atom stereocenters. The zero-order chi connectivity index (χ0) is 26.1. The van der Waals surface area contributed by atoms with Gasteiger partial charge in [0.05, 0.1) is 18.7 Å². The minimum Gasteiger partial charge on any atom is -0.445 e. The summed E-state index contributed by atoms with van der Waals surface area (Å²) in [6, 6.07) is 11.6. The van der Waals surface area contributed by atoms with Gasteiger partial charge in [-0.2, -0.15) is 0 Å². The zero-order valence-corrected chi connectivity index (χ0v) is 22.3. The molecule has 0 spiro atoms. The Balaban J connectivity index is 1.20. The van der Waals surface area contributed by atoms with E-state index in [1.165, 1.54) is 11.1 Å². The molecule has 1 saturated heterocycles. The number of nitrogens with zero attached hydrogens (tertiary/aromatic N) is 3. The summed E-state index contributed by atoms with van der Waals surface area (Å²) in [6.45, 7) is 2.91. The molecule has 0 aromatic heterocycles. The van der Waals surface area contributed by atoms with Gasteiger partial charge in [0.15, 0.2) is 0 Å². The van der Waals surface area contributed by atoms with Crippen molar-refractivity contribution in [3.63, 3.8) is 0 Å². The van der Waals surface area contributed by atoms with E-state index in [-0.39, 0.29) is 30.8 Å². The number of hydrogen-bond donors (Lipinski definition) is 1. The van der Waals surface area contributed by atoms with Gasteiger partial charge in [-0.05, 0) is 71.4 Å². The molecule has 9 heteroatoms. The lowest BCUT2D eigenvalue weighted by Crippen LogP contribution is -2.56. The Labute approximate surface area is 227 Å². The summed E-state index contributed by atoms with van der Waals surface area (Å²) in [7, 11) is 1.78. The third kappa shape index (κ3) is 5.96. The summed E-state index contributed by atoms with van der Waals surface area (Å²) in [6.07, 6.45) is 4.07. The topological polar surface area (TPSA) is 73.3 Å². The molecule has 7 nitrogen and oxygen atoms in total. The average molecular weight is 544 g/mol. The molecule has 1 fully saturated rings. The molecule has 2 aromatic rings. The first-order valence-electron chi connectivity index (χ1n) is 12.6. The second kappa shape index (κ2) is 11.0. The summed E-state index contributed by atoms with van der Waals surface area (Å²) in [4.78, 5) is 30.7. The van der Waals surface area contributed by atoms with Crippen LogP contribution in [0, 0.1) is 0 Å². The maximum atomic E-state index is 12.9. The van der Waals surface area contributed by atoms with Crippen molar-refractivity contribution in [1.82, 2.24) is 14.7 Å². The fraction of sp³-hybridized carbons (Fsp3) is 0.429. The number of carbonyl (C=O) groups is 2. The molecule has 2 aliphatic heterocycles. The Morgan fingerprint density at radius 1 is 1.11 bits per heavy atom. The van der Waals surface area contributed by atoms with E-state index in [9.17, 15) is 14.7 Å². The van der Waals surface area contributed by atoms with Gasteiger partial charge in [-0.3, -0.25) is 9.69 Å². The molecule has 37 heavy (non-hydrogen) atoms. The van der Waals surface area contributed by atoms with Crippen molar-refractivity contribution in [1.29, 1.82) is 0 Å². The van der Waals surface area contributed by atoms with E-state index in [0.29, 0.717) is 29.7 Å². The van der Waals surface area contributed by atoms with Crippen LogP contribution in [0.5, 0.6) is 0 Å². The summed E-state index contributed by atoms with van der Waals surface area (Å²) < 4.78 is 5.56. The van der Waals surface area contributed by atoms with Crippen molar-refractivity contribution >= 4 is 40.8 Å². The number of β-amino-alcohol motifs (C(OH)–C–C–N with tert-alkyl or cyclic N) is 1. The molecule has 2 amide bonds. The molecule has 5 rings (SSSR count). The Bertz CT molecular complexity index is 1210. The summed E-state index contributed by atoms with van der Waals surface area (Å²) in [5, 5.41) is 10.4. The maximum absolute atomic E-state index is 12.9. The number of likely N-dealkylation sites (tertiary alicyclic amines) is 1. The minimum atomic E-state index is -0.383. The Morgan fingerprint density at radius 3 is 2.54 bits per heavy atom. The Hall–Kier alpha value is -2.58. The van der Waals surface area contributed by atoms with Crippen molar-refractivity contribution in [3.8, 4) is 0 Å². The van der Waals surface area contributed by atoms with Crippen molar-refractivity contribution < 1.29 is 19.4 Å². The number of ether oxygens (including phenoxy) is 1. The van der Waals surface area contributed by atoms with E-state index in [2.05, 4.69) is 29.2 Å². The van der Waals surface area contributed by atoms with E-state index < -0.39 is 0 Å². The van der Waals surface area contributed by atoms with Crippen LogP contribution in [0.2, 0.25) is 10.0 Å². The highest BCUT2D eigenvalue weighted by Gasteiger charge is 2.31. The molecule has 0 radical (unpaired) electrons. The lowest BCUT2D eigenvalue weighted by molar-refractivity contribution is -0.142. The number of rotatable bonds is 6. The Morgan fingerprint density at radius 2 is 1.86 bits per heavy atom. The van der Waals surface area contributed by atoms with E-state index in [1.807, 2.05) is 0 Å². The maximum Gasteiger partial charge on any atom is 0.410 e. The van der Waals surface area contributed by atoms with Crippen LogP contribution in [0.3, 0.4) is 0 Å². The monoisotopic (exact) mass is 543 g/mol. The van der Waals surface area contributed by atoms with Gasteiger partial charge in [-0.1, -0.05) is 41.4 Å². The largest absolute Gasteiger partial charge is 0.445 e. The van der Waals surface area contributed by atoms with Gasteiger partial charge in [-0.15, -0.1) is 0 Å². The van der Waals surface area contributed by atoms with E-state index in [1.54, 1.807) is 35.0 Å². The fourth-order valence-electron chi connectivity index (χ4n) is 5.32. The molecule has 1 N–H and O–H groups in total. The highest BCUT2D eigenvalue weighted by atomic mass is 35.5. The predicted octanol–water partition coefficient (Wildman–Crippen LogP) is 4.54. The van der Waals surface area contributed by atoms with E-state index in [4.69, 9.17) is 27.9 Å². The van der Waals surface area contributed by atoms with Gasteiger partial charge in [0, 0.05) is 43.3 Å². The van der Waals surface area contributed by atoms with Crippen molar-refractivity contribution in [2.24, 2.45) is 0 Å². The number of fused-ring (bicyclic) bond motifs is 1. The quantitative estimate of drug-likeness (QED) is 0.578. The van der Waals surface area contributed by atoms with E-state index >= 15 is 0 Å². The van der Waals surface area contributed by atoms with Gasteiger partial charge in [0.1, 0.15) is 6.61 Å². The molecule has 1 aliphatic carbocycles. The van der Waals surface area contributed by atoms with Crippen LogP contribution in [-0.4, -0.2) is 77.7 Å². The van der Waals surface area contributed by atoms with Crippen LogP contribution in [0.15, 0.2) is 42.5 Å². The number of benzene rings is 2. The van der Waals surface area contributed by atoms with Crippen molar-refractivity contribution in [3.05, 3.63) is 74.8 Å². The number of hydrogen-bond acceptors (Lipinski definition) is 5. The van der Waals surface area contributed by atoms with Crippen molar-refractivity contribution in [2.75, 3.05) is 39.8 Å². The van der Waals surface area contributed by atoms with Gasteiger partial charge in [0.25, 0.3) is 0 Å². The second-order valence-electron chi connectivity index (χ2n) is 10.1. The molecule has 2 aromatic carbocycles. The number of aryl methyl sites for hydroxylation is 1. The molecule has 0 bridgehead atoms. The smallest absolute Gasteiger partial charge is 0.410 e. The SMILES string of the molecule is CN(C(=O)OCc1cc(Cl)cc(Cl)c1)C1CCc2ccc(C3=CCN(CC(=O)N4CC(O)C4)CC3)cc21. The zero-order valence-electron chi connectivity index (χ0n) is 20.8. The highest BCUT2D eigenvalue weighted by Crippen LogP contribution is 2.38. The summed E-state index contributed by atoms with van der Waals surface area (Å²) >= 11 is 12.1. The van der Waals surface area contributed by atoms with Crippen LogP contribution in [0.25, 0.3) is 5.57 Å². The fourth-order valence-corrected chi connectivity index (χ4v) is 5.89. The third-order valence-electron chi connectivity index (χ3n) is 7.47. The first-order valence-corrected chi connectivity index (χ1v) is 13.4. The second-order valence-corrected chi connectivity index (χ2v) is 11.0. The van der Waals surface area contributed by atoms with Crippen LogP contribution in [0.1, 0.15) is 41.1 Å². The third-order valence-corrected chi connectivity index (χ3v) is 7.91. The minimum absolute atomic E-state index is 0.0458. The van der Waals surface area contributed by atoms with Gasteiger partial charge in [0.2, 0.25) is 5.91 Å². The summed E-state index contributed by atoms with van der Waals surface area (Å²) in [5.41, 5.74) is 5.60. The Kier molecular flexibility index (Phi) is 7.77. The molecular weight excluding hydrogens is 513 g/mol. The number of aliphatic hydroxyl groups excluding tert-OH is 1. The van der Waals surface area contributed by atoms with Gasteiger partial charge >= 0.3 is 6.09 Å². The number of amides is 2. The molecule has 2 heterocycles. The van der Waals surface area contributed by atoms with Crippen LogP contribution in [0.4, 0.5) is 4.79 Å². The normalized spacial score (nSPS) is 19.7. The average Bonchev–Trinajstić information content (AvgIpc) is 3.28. The van der Waals surface area contributed by atoms with Gasteiger partial charge in [-0.25, -0.2) is 4.79 Å². The molecule has 3 aliphatic rings. The standard InChI is InChI=1S/C28H31Cl2N3O4/c1-31(28(36)37-17-18-10-22(29)13-23(30)11-18)26-5-4-20-2-3-21(12-25(20)26)19-6-8-32(9-7-19)16-27(35)33-14-24(34)15-33/h2-3,6,10-13,24,26,34H,4-5,7-9,14-17H2,1H3. The lowest BCUT2D eigenvalue weighted by Gasteiger charge is -2.37. The van der Waals surface area contributed by atoms with Gasteiger partial charge < -0.3 is 19.6 Å². The van der Waals surface area contributed by atoms with Crippen molar-refractivity contribution in [2.45, 2.75) is 38.0 Å².